The molecule has 20 heavy (non-hydrogen) atoms. The summed E-state index contributed by atoms with van der Waals surface area (Å²) in [5, 5.41) is 29.8. The summed E-state index contributed by atoms with van der Waals surface area (Å²) in [7, 11) is -1.36. The van der Waals surface area contributed by atoms with Crippen LogP contribution in [0.1, 0.15) is 22.3 Å². The number of nitrogens with one attached hydrogen (secondary N) is 1. The Labute approximate surface area is 114 Å². The molecule has 8 heteroatoms. The monoisotopic (exact) mass is 274 g/mol. The second-order valence-electron chi connectivity index (χ2n) is 4.32. The summed E-state index contributed by atoms with van der Waals surface area (Å²) in [6.45, 7) is 0. The maximum Gasteiger partial charge on any atom is 0.547 e. The lowest BCUT2D eigenvalue weighted by atomic mass is 9.72. The van der Waals surface area contributed by atoms with Crippen LogP contribution in [0.15, 0.2) is 18.2 Å². The third-order valence-electron chi connectivity index (χ3n) is 2.94. The summed E-state index contributed by atoms with van der Waals surface area (Å²) in [6.07, 6.45) is -0.0833. The Morgan fingerprint density at radius 2 is 2.30 bits per heavy atom. The molecule has 0 saturated carbocycles. The fourth-order valence-corrected chi connectivity index (χ4v) is 2.05. The number of carboxylic acids is 1. The summed E-state index contributed by atoms with van der Waals surface area (Å²) in [6, 6.07) is 6.31. The highest BCUT2D eigenvalue weighted by Gasteiger charge is 2.37. The first kappa shape index (κ1) is 13.9. The Hall–Kier alpha value is -2.53. The first-order valence-corrected chi connectivity index (χ1v) is 5.89. The van der Waals surface area contributed by atoms with Gasteiger partial charge in [0.25, 0.3) is 0 Å². The van der Waals surface area contributed by atoms with Crippen LogP contribution in [0, 0.1) is 11.3 Å². The highest BCUT2D eigenvalue weighted by Crippen LogP contribution is 2.30. The second kappa shape index (κ2) is 5.63. The number of hydrogen-bond acceptors (Lipinski definition) is 5. The highest BCUT2D eigenvalue weighted by molar-refractivity contribution is 6.47. The summed E-state index contributed by atoms with van der Waals surface area (Å²) in [4.78, 5) is 22.4. The number of benzene rings is 1. The molecule has 0 spiro atoms. The summed E-state index contributed by atoms with van der Waals surface area (Å²) in [5.74, 6) is -2.27. The molecule has 0 bridgehead atoms. The smallest absolute Gasteiger partial charge is 0.534 e. The van der Waals surface area contributed by atoms with E-state index in [1.807, 2.05) is 0 Å². The zero-order valence-electron chi connectivity index (χ0n) is 10.4. The van der Waals surface area contributed by atoms with Gasteiger partial charge in [0, 0.05) is 0 Å². The number of amides is 1. The molecule has 0 saturated heterocycles. The Morgan fingerprint density at radius 1 is 1.55 bits per heavy atom. The largest absolute Gasteiger partial charge is 0.547 e. The van der Waals surface area contributed by atoms with Crippen molar-refractivity contribution in [2.75, 3.05) is 0 Å². The van der Waals surface area contributed by atoms with Crippen molar-refractivity contribution in [3.05, 3.63) is 29.3 Å². The summed E-state index contributed by atoms with van der Waals surface area (Å²) in [5.41, 5.74) is 0.542. The van der Waals surface area contributed by atoms with E-state index in [0.717, 1.165) is 0 Å². The maximum atomic E-state index is 11.3. The predicted molar refractivity (Wildman–Crippen MR) is 67.9 cm³/mol. The molecule has 102 valence electrons. The number of carbonyl (C=O) groups is 2. The van der Waals surface area contributed by atoms with Crippen LogP contribution in [0.2, 0.25) is 0 Å². The van der Waals surface area contributed by atoms with E-state index in [2.05, 4.69) is 5.32 Å². The molecule has 0 fully saturated rings. The van der Waals surface area contributed by atoms with Crippen molar-refractivity contribution in [1.29, 1.82) is 5.26 Å². The van der Waals surface area contributed by atoms with Crippen molar-refractivity contribution in [3.8, 4) is 11.8 Å². The van der Waals surface area contributed by atoms with Gasteiger partial charge in [-0.3, -0.25) is 4.79 Å². The highest BCUT2D eigenvalue weighted by atomic mass is 16.5. The molecule has 1 amide bonds. The second-order valence-corrected chi connectivity index (χ2v) is 4.32. The van der Waals surface area contributed by atoms with Crippen molar-refractivity contribution in [2.24, 2.45) is 0 Å². The molecule has 0 radical (unpaired) electrons. The minimum Gasteiger partial charge on any atom is -0.534 e. The average Bonchev–Trinajstić information content (AvgIpc) is 2.39. The lowest BCUT2D eigenvalue weighted by Gasteiger charge is -2.28. The van der Waals surface area contributed by atoms with Gasteiger partial charge >= 0.3 is 13.1 Å². The van der Waals surface area contributed by atoms with Crippen molar-refractivity contribution in [3.63, 3.8) is 0 Å². The van der Waals surface area contributed by atoms with Gasteiger partial charge in [-0.15, -0.1) is 0 Å². The number of carboxylic acid groups (broad SMARTS) is 1. The number of rotatable bonds is 3. The van der Waals surface area contributed by atoms with Gasteiger partial charge in [0.05, 0.1) is 17.6 Å². The summed E-state index contributed by atoms with van der Waals surface area (Å²) < 4.78 is 5.19. The van der Waals surface area contributed by atoms with Crippen LogP contribution in [0.25, 0.3) is 0 Å². The topological polar surface area (TPSA) is 120 Å². The Kier molecular flexibility index (Phi) is 3.91. The molecule has 1 aliphatic rings. The van der Waals surface area contributed by atoms with Gasteiger partial charge in [-0.05, 0) is 18.1 Å². The lowest BCUT2D eigenvalue weighted by Crippen LogP contribution is -2.53. The maximum absolute atomic E-state index is 11.3. The lowest BCUT2D eigenvalue weighted by molar-refractivity contribution is -0.120. The molecular weight excluding hydrogens is 263 g/mol. The molecule has 1 atom stereocenters. The van der Waals surface area contributed by atoms with E-state index in [1.165, 1.54) is 6.07 Å². The molecule has 7 nitrogen and oxygen atoms in total. The van der Waals surface area contributed by atoms with Crippen LogP contribution in [-0.4, -0.2) is 35.1 Å². The van der Waals surface area contributed by atoms with Crippen molar-refractivity contribution in [1.82, 2.24) is 5.32 Å². The molecule has 1 aliphatic heterocycles. The predicted octanol–water partition coefficient (Wildman–Crippen LogP) is -0.262. The molecule has 0 aromatic heterocycles. The average molecular weight is 274 g/mol. The minimum atomic E-state index is -1.36. The van der Waals surface area contributed by atoms with Gasteiger partial charge < -0.3 is 20.1 Å². The van der Waals surface area contributed by atoms with Crippen molar-refractivity contribution >= 4 is 19.0 Å². The van der Waals surface area contributed by atoms with Crippen LogP contribution in [-0.2, 0) is 11.2 Å². The van der Waals surface area contributed by atoms with E-state index >= 15 is 0 Å². The van der Waals surface area contributed by atoms with Gasteiger partial charge in [0.2, 0.25) is 5.91 Å². The van der Waals surface area contributed by atoms with Crippen LogP contribution < -0.4 is 9.97 Å². The normalized spacial score (nSPS) is 16.6. The Morgan fingerprint density at radius 3 is 2.95 bits per heavy atom. The third kappa shape index (κ3) is 2.73. The Bertz CT molecular complexity index is 598. The van der Waals surface area contributed by atoms with Gasteiger partial charge in [-0.25, -0.2) is 4.79 Å². The van der Waals surface area contributed by atoms with Gasteiger partial charge in [0.15, 0.2) is 0 Å². The van der Waals surface area contributed by atoms with E-state index in [-0.39, 0.29) is 24.2 Å². The SMILES string of the molecule is N#CCC(=O)NC1Cc2cccc(C(=O)O)c2OB1O. The standard InChI is InChI=1S/C12H11BN2O5/c14-5-4-10(16)15-9-6-7-2-1-3-8(12(17)18)11(7)20-13(9)19/h1-3,9,19H,4,6H2,(H,15,16)(H,17,18). The number of fused-ring (bicyclic) bond motifs is 1. The number of para-hydroxylation sites is 1. The molecule has 3 N–H and O–H groups in total. The minimum absolute atomic E-state index is 0.0386. The Balaban J connectivity index is 2.22. The first-order chi connectivity index (χ1) is 9.52. The number of carbonyl (C=O) groups excluding carboxylic acids is 1. The molecule has 1 heterocycles. The zero-order valence-corrected chi connectivity index (χ0v) is 10.4. The van der Waals surface area contributed by atoms with E-state index < -0.39 is 24.9 Å². The molecule has 2 rings (SSSR count). The molecule has 1 aromatic carbocycles. The zero-order chi connectivity index (χ0) is 14.7. The number of nitriles is 1. The molecular formula is C12H11BN2O5. The fraction of sp³-hybridized carbons (Fsp3) is 0.250. The van der Waals surface area contributed by atoms with Gasteiger partial charge in [0.1, 0.15) is 12.2 Å². The van der Waals surface area contributed by atoms with Crippen molar-refractivity contribution < 1.29 is 24.4 Å². The van der Waals surface area contributed by atoms with E-state index in [1.54, 1.807) is 18.2 Å². The van der Waals surface area contributed by atoms with E-state index in [4.69, 9.17) is 15.0 Å². The van der Waals surface area contributed by atoms with Crippen LogP contribution in [0.5, 0.6) is 5.75 Å². The van der Waals surface area contributed by atoms with Crippen LogP contribution in [0.4, 0.5) is 0 Å². The van der Waals surface area contributed by atoms with Crippen molar-refractivity contribution in [2.45, 2.75) is 18.8 Å². The third-order valence-corrected chi connectivity index (χ3v) is 2.94. The van der Waals surface area contributed by atoms with Gasteiger partial charge in [-0.1, -0.05) is 12.1 Å². The van der Waals surface area contributed by atoms with Crippen LogP contribution >= 0.6 is 0 Å². The van der Waals surface area contributed by atoms with E-state index in [0.29, 0.717) is 5.56 Å². The quantitative estimate of drug-likeness (QED) is 0.653. The molecule has 0 aliphatic carbocycles. The number of hydrogen-bond donors (Lipinski definition) is 3. The molecule has 1 aromatic rings. The summed E-state index contributed by atoms with van der Waals surface area (Å²) >= 11 is 0. The van der Waals surface area contributed by atoms with Gasteiger partial charge in [-0.2, -0.15) is 5.26 Å². The van der Waals surface area contributed by atoms with Crippen LogP contribution in [0.3, 0.4) is 0 Å². The van der Waals surface area contributed by atoms with E-state index in [9.17, 15) is 14.6 Å². The first-order valence-electron chi connectivity index (χ1n) is 5.89. The number of nitrogens with zero attached hydrogens (tertiary/aromatic N) is 1. The fourth-order valence-electron chi connectivity index (χ4n) is 2.05. The molecule has 1 unspecified atom stereocenters. The number of aromatic carboxylic acids is 1.